The lowest BCUT2D eigenvalue weighted by atomic mass is 9.79. The summed E-state index contributed by atoms with van der Waals surface area (Å²) in [4.78, 5) is 13.4. The predicted molar refractivity (Wildman–Crippen MR) is 126 cm³/mol. The molecule has 36 heavy (non-hydrogen) atoms. The molecule has 1 aromatic heterocycles. The number of aromatic amines is 1. The van der Waals surface area contributed by atoms with Crippen LogP contribution in [0.15, 0.2) is 41.6 Å². The molecule has 5 rings (SSSR count). The van der Waals surface area contributed by atoms with Crippen molar-refractivity contribution in [2.45, 2.75) is 50.2 Å². The Hall–Kier alpha value is -2.83. The van der Waals surface area contributed by atoms with Crippen molar-refractivity contribution in [3.05, 3.63) is 47.2 Å². The van der Waals surface area contributed by atoms with Gasteiger partial charge >= 0.3 is 6.36 Å². The molecule has 1 unspecified atom stereocenters. The highest BCUT2D eigenvalue weighted by Gasteiger charge is 2.53. The molecular formula is C23H21ClF3N3O5S. The van der Waals surface area contributed by atoms with Crippen LogP contribution < -0.4 is 4.74 Å². The number of hydrogen-bond acceptors (Lipinski definition) is 7. The van der Waals surface area contributed by atoms with Gasteiger partial charge in [0.2, 0.25) is 0 Å². The van der Waals surface area contributed by atoms with Crippen LogP contribution in [0.4, 0.5) is 13.2 Å². The molecule has 1 atom stereocenters. The maximum Gasteiger partial charge on any atom is 0.573 e. The Morgan fingerprint density at radius 2 is 1.81 bits per heavy atom. The van der Waals surface area contributed by atoms with Crippen LogP contribution >= 0.6 is 11.6 Å². The average Bonchev–Trinajstić information content (AvgIpc) is 3.35. The van der Waals surface area contributed by atoms with Gasteiger partial charge in [-0.15, -0.1) is 13.2 Å². The van der Waals surface area contributed by atoms with E-state index in [1.54, 1.807) is 12.1 Å². The molecule has 1 aliphatic carbocycles. The zero-order valence-corrected chi connectivity index (χ0v) is 20.5. The lowest BCUT2D eigenvalue weighted by Crippen LogP contribution is -2.48. The van der Waals surface area contributed by atoms with Gasteiger partial charge in [-0.1, -0.05) is 35.3 Å². The summed E-state index contributed by atoms with van der Waals surface area (Å²) in [6.07, 6.45) is -0.850. The van der Waals surface area contributed by atoms with Crippen LogP contribution in [0.3, 0.4) is 0 Å². The van der Waals surface area contributed by atoms with E-state index in [1.165, 1.54) is 24.3 Å². The fourth-order valence-electron chi connectivity index (χ4n) is 4.68. The largest absolute Gasteiger partial charge is 0.573 e. The van der Waals surface area contributed by atoms with Crippen LogP contribution in [0.25, 0.3) is 22.2 Å². The van der Waals surface area contributed by atoms with Crippen LogP contribution in [0, 0.1) is 0 Å². The highest BCUT2D eigenvalue weighted by Crippen LogP contribution is 2.42. The number of H-pyrrole nitrogens is 1. The molecule has 1 fully saturated rings. The molecule has 0 amide bonds. The first-order chi connectivity index (χ1) is 16.9. The van der Waals surface area contributed by atoms with Gasteiger partial charge in [-0.3, -0.25) is 4.18 Å². The number of oxime groups is 1. The van der Waals surface area contributed by atoms with Gasteiger partial charge < -0.3 is 14.6 Å². The lowest BCUT2D eigenvalue weighted by molar-refractivity contribution is -0.274. The van der Waals surface area contributed by atoms with Crippen molar-refractivity contribution in [2.24, 2.45) is 5.16 Å². The maximum absolute atomic E-state index is 12.4. The first-order valence-corrected chi connectivity index (χ1v) is 13.3. The van der Waals surface area contributed by atoms with Crippen molar-refractivity contribution in [1.29, 1.82) is 0 Å². The zero-order valence-electron chi connectivity index (χ0n) is 18.9. The van der Waals surface area contributed by atoms with E-state index < -0.39 is 28.2 Å². The summed E-state index contributed by atoms with van der Waals surface area (Å²) in [5.41, 5.74) is 1.50. The van der Waals surface area contributed by atoms with Gasteiger partial charge in [-0.25, -0.2) is 4.98 Å². The van der Waals surface area contributed by atoms with E-state index in [0.717, 1.165) is 25.5 Å². The summed E-state index contributed by atoms with van der Waals surface area (Å²) >= 11 is 6.48. The van der Waals surface area contributed by atoms with E-state index in [1.807, 2.05) is 0 Å². The van der Waals surface area contributed by atoms with E-state index in [2.05, 4.69) is 19.9 Å². The van der Waals surface area contributed by atoms with Crippen molar-refractivity contribution in [3.8, 4) is 16.9 Å². The molecular weight excluding hydrogens is 523 g/mol. The molecule has 0 bridgehead atoms. The van der Waals surface area contributed by atoms with Crippen LogP contribution in [-0.2, 0) is 19.1 Å². The van der Waals surface area contributed by atoms with Gasteiger partial charge in [0.05, 0.1) is 16.8 Å². The number of alkyl halides is 3. The van der Waals surface area contributed by atoms with Gasteiger partial charge in [0.15, 0.2) is 23.2 Å². The van der Waals surface area contributed by atoms with Crippen LogP contribution in [0.2, 0.25) is 5.02 Å². The highest BCUT2D eigenvalue weighted by atomic mass is 35.5. The molecule has 2 heterocycles. The lowest BCUT2D eigenvalue weighted by Gasteiger charge is -2.35. The summed E-state index contributed by atoms with van der Waals surface area (Å²) in [5, 5.41) is 4.46. The summed E-state index contributed by atoms with van der Waals surface area (Å²) in [6, 6.07) is 8.74. The van der Waals surface area contributed by atoms with Gasteiger partial charge in [-0.2, -0.15) is 8.42 Å². The number of ether oxygens (including phenoxy) is 1. The minimum atomic E-state index is -4.78. The molecule has 8 nitrogen and oxygen atoms in total. The average molecular weight is 544 g/mol. The number of nitrogens with zero attached hydrogens (tertiary/aromatic N) is 2. The second-order valence-electron chi connectivity index (χ2n) is 8.89. The molecule has 2 aromatic carbocycles. The second kappa shape index (κ2) is 8.93. The van der Waals surface area contributed by atoms with E-state index in [-0.39, 0.29) is 22.3 Å². The molecule has 13 heteroatoms. The number of fused-ring (bicyclic) bond motifs is 1. The van der Waals surface area contributed by atoms with Crippen molar-refractivity contribution < 1.29 is 35.3 Å². The Morgan fingerprint density at radius 1 is 1.11 bits per heavy atom. The third kappa shape index (κ3) is 5.02. The molecule has 0 radical (unpaired) electrons. The Bertz CT molecular complexity index is 1430. The Balaban J connectivity index is 1.49. The first kappa shape index (κ1) is 24.8. The van der Waals surface area contributed by atoms with E-state index in [4.69, 9.17) is 20.6 Å². The van der Waals surface area contributed by atoms with E-state index >= 15 is 0 Å². The molecule has 3 aromatic rings. The Morgan fingerprint density at radius 3 is 2.44 bits per heavy atom. The molecule has 192 valence electrons. The zero-order chi connectivity index (χ0) is 25.7. The van der Waals surface area contributed by atoms with Crippen LogP contribution in [-0.4, -0.2) is 48.4 Å². The Labute approximate surface area is 209 Å². The predicted octanol–water partition coefficient (Wildman–Crippen LogP) is 5.56. The van der Waals surface area contributed by atoms with Crippen molar-refractivity contribution in [1.82, 2.24) is 9.97 Å². The highest BCUT2D eigenvalue weighted by molar-refractivity contribution is 7.86. The smallest absolute Gasteiger partial charge is 0.406 e. The summed E-state index contributed by atoms with van der Waals surface area (Å²) in [7, 11) is -3.83. The fraction of sp³-hybridized carbons (Fsp3) is 0.391. The van der Waals surface area contributed by atoms with Gasteiger partial charge in [-0.05, 0) is 61.1 Å². The number of halogens is 4. The summed E-state index contributed by atoms with van der Waals surface area (Å²) in [5.74, 6) is -0.0795. The number of nitrogens with one attached hydrogen (secondary N) is 1. The van der Waals surface area contributed by atoms with Gasteiger partial charge in [0, 0.05) is 0 Å². The quantitative estimate of drug-likeness (QED) is 0.422. The molecule has 0 saturated heterocycles. The minimum absolute atomic E-state index is 0.227. The number of imidazole rings is 1. The minimum Gasteiger partial charge on any atom is -0.406 e. The molecule has 1 saturated carbocycles. The number of rotatable bonds is 5. The maximum atomic E-state index is 12.4. The summed E-state index contributed by atoms with van der Waals surface area (Å²) in [6.45, 7) is 0. The summed E-state index contributed by atoms with van der Waals surface area (Å²) < 4.78 is 70.8. The first-order valence-electron chi connectivity index (χ1n) is 11.1. The van der Waals surface area contributed by atoms with E-state index in [9.17, 15) is 21.6 Å². The third-order valence-electron chi connectivity index (χ3n) is 6.23. The SMILES string of the molecule is CS(=O)(=O)OC1C(c2nc3c(Cl)cc(-c4ccc(OC(F)(F)F)cc4)cc3[nH]2)=NOC12CCCCC2. The third-order valence-corrected chi connectivity index (χ3v) is 7.06. The van der Waals surface area contributed by atoms with Crippen molar-refractivity contribution in [2.75, 3.05) is 6.26 Å². The molecule has 2 aliphatic rings. The number of aromatic nitrogens is 2. The molecule has 1 N–H and O–H groups in total. The van der Waals surface area contributed by atoms with Crippen LogP contribution in [0.1, 0.15) is 37.9 Å². The fourth-order valence-corrected chi connectivity index (χ4v) is 5.55. The number of hydrogen-bond donors (Lipinski definition) is 1. The number of benzene rings is 2. The molecule has 1 aliphatic heterocycles. The topological polar surface area (TPSA) is 103 Å². The van der Waals surface area contributed by atoms with Gasteiger partial charge in [0.25, 0.3) is 10.1 Å². The monoisotopic (exact) mass is 543 g/mol. The normalized spacial score (nSPS) is 19.9. The van der Waals surface area contributed by atoms with Crippen molar-refractivity contribution >= 4 is 38.5 Å². The van der Waals surface area contributed by atoms with E-state index in [0.29, 0.717) is 35.0 Å². The standard InChI is InChI=1S/C23H21ClF3N3O5S/c1-36(31,32)34-20-19(30-35-22(20)9-3-2-4-10-22)21-28-17-12-14(11-16(24)18(17)29-21)13-5-7-15(8-6-13)33-23(25,26)27/h5-8,11-12,20H,2-4,9-10H2,1H3,(H,28,29). The second-order valence-corrected chi connectivity index (χ2v) is 10.9. The Kier molecular flexibility index (Phi) is 6.16. The van der Waals surface area contributed by atoms with Crippen molar-refractivity contribution in [3.63, 3.8) is 0 Å². The van der Waals surface area contributed by atoms with Gasteiger partial charge in [0.1, 0.15) is 11.3 Å². The molecule has 1 spiro atoms. The van der Waals surface area contributed by atoms with Crippen LogP contribution in [0.5, 0.6) is 5.75 Å².